The van der Waals surface area contributed by atoms with Crippen molar-refractivity contribution in [1.29, 1.82) is 0 Å². The fraction of sp³-hybridized carbons (Fsp3) is 0.143. The number of carboxylic acids is 1. The number of benzene rings is 1. The molecule has 1 aromatic carbocycles. The minimum atomic E-state index is -0.950. The molecule has 2 rings (SSSR count). The van der Waals surface area contributed by atoms with Crippen LogP contribution in [0.4, 0.5) is 0 Å². The summed E-state index contributed by atoms with van der Waals surface area (Å²) in [6.07, 6.45) is 0.584. The molecule has 0 fully saturated rings. The molecule has 0 saturated heterocycles. The summed E-state index contributed by atoms with van der Waals surface area (Å²) in [6, 6.07) is 8.47. The highest BCUT2D eigenvalue weighted by molar-refractivity contribution is 9.13. The zero-order valence-corrected chi connectivity index (χ0v) is 14.7. The number of halogens is 2. The largest absolute Gasteiger partial charge is 0.478 e. The maximum absolute atomic E-state index is 11.9. The van der Waals surface area contributed by atoms with Crippen LogP contribution in [0, 0.1) is 0 Å². The molecule has 0 unspecified atom stereocenters. The summed E-state index contributed by atoms with van der Waals surface area (Å²) in [4.78, 5) is 23.4. The second kappa shape index (κ2) is 7.20. The lowest BCUT2D eigenvalue weighted by atomic mass is 10.1. The van der Waals surface area contributed by atoms with E-state index < -0.39 is 5.97 Å². The van der Waals surface area contributed by atoms with Gasteiger partial charge in [-0.2, -0.15) is 0 Å². The van der Waals surface area contributed by atoms with Crippen LogP contribution < -0.4 is 5.32 Å². The fourth-order valence-electron chi connectivity index (χ4n) is 1.73. The third kappa shape index (κ3) is 4.39. The van der Waals surface area contributed by atoms with E-state index in [1.54, 1.807) is 24.3 Å². The van der Waals surface area contributed by atoms with Gasteiger partial charge in [-0.05, 0) is 62.0 Å². The number of hydrogen-bond acceptors (Lipinski definition) is 3. The van der Waals surface area contributed by atoms with Crippen molar-refractivity contribution in [3.8, 4) is 0 Å². The van der Waals surface area contributed by atoms with Gasteiger partial charge in [0.2, 0.25) is 0 Å². The molecule has 2 N–H and O–H groups in total. The van der Waals surface area contributed by atoms with E-state index in [9.17, 15) is 9.59 Å². The van der Waals surface area contributed by atoms with Crippen LogP contribution in [0.3, 0.4) is 0 Å². The van der Waals surface area contributed by atoms with Crippen LogP contribution >= 0.6 is 43.2 Å². The topological polar surface area (TPSA) is 66.4 Å². The molecule has 1 heterocycles. The maximum Gasteiger partial charge on any atom is 0.335 e. The van der Waals surface area contributed by atoms with Crippen molar-refractivity contribution in [3.05, 3.63) is 54.6 Å². The van der Waals surface area contributed by atoms with Gasteiger partial charge in [-0.25, -0.2) is 4.79 Å². The second-order valence-corrected chi connectivity index (χ2v) is 7.47. The van der Waals surface area contributed by atoms with Crippen LogP contribution in [0.25, 0.3) is 0 Å². The highest BCUT2D eigenvalue weighted by Gasteiger charge is 2.11. The van der Waals surface area contributed by atoms with E-state index in [0.717, 1.165) is 13.8 Å². The van der Waals surface area contributed by atoms with E-state index in [2.05, 4.69) is 37.2 Å². The smallest absolute Gasteiger partial charge is 0.335 e. The average Bonchev–Trinajstić information content (AvgIpc) is 2.79. The summed E-state index contributed by atoms with van der Waals surface area (Å²) in [5.41, 5.74) is 1.13. The van der Waals surface area contributed by atoms with E-state index in [4.69, 9.17) is 5.11 Å². The number of hydrogen-bond donors (Lipinski definition) is 2. The third-order valence-corrected chi connectivity index (χ3v) is 6.00. The van der Waals surface area contributed by atoms with Gasteiger partial charge in [0.05, 0.1) is 14.2 Å². The zero-order valence-electron chi connectivity index (χ0n) is 10.7. The molecule has 0 atom stereocenters. The molecular weight excluding hydrogens is 422 g/mol. The molecular formula is C14H11Br2NO3S. The van der Waals surface area contributed by atoms with Crippen LogP contribution in [-0.4, -0.2) is 23.5 Å². The van der Waals surface area contributed by atoms with E-state index in [1.165, 1.54) is 11.3 Å². The molecule has 0 aliphatic carbocycles. The Morgan fingerprint density at radius 3 is 2.62 bits per heavy atom. The lowest BCUT2D eigenvalue weighted by Gasteiger charge is -2.04. The molecule has 2 aromatic rings. The lowest BCUT2D eigenvalue weighted by Crippen LogP contribution is -2.24. The van der Waals surface area contributed by atoms with Crippen molar-refractivity contribution < 1.29 is 14.7 Å². The van der Waals surface area contributed by atoms with Crippen LogP contribution in [0.15, 0.2) is 38.6 Å². The summed E-state index contributed by atoms with van der Waals surface area (Å²) in [6.45, 7) is 0.453. The molecule has 7 heteroatoms. The first-order valence-corrected chi connectivity index (χ1v) is 8.43. The standard InChI is InChI=1S/C14H11Br2NO3S/c15-10-7-11(21-12(10)16)13(18)17-5-4-8-2-1-3-9(6-8)14(19)20/h1-3,6-7H,4-5H2,(H,17,18)(H,19,20). The highest BCUT2D eigenvalue weighted by Crippen LogP contribution is 2.32. The molecule has 0 aliphatic heterocycles. The number of nitrogens with one attached hydrogen (secondary N) is 1. The van der Waals surface area contributed by atoms with Crippen LogP contribution in [0.2, 0.25) is 0 Å². The summed E-state index contributed by atoms with van der Waals surface area (Å²) < 4.78 is 1.73. The van der Waals surface area contributed by atoms with Gasteiger partial charge in [-0.1, -0.05) is 12.1 Å². The van der Waals surface area contributed by atoms with E-state index in [1.807, 2.05) is 6.07 Å². The van der Waals surface area contributed by atoms with Gasteiger partial charge >= 0.3 is 5.97 Å². The van der Waals surface area contributed by atoms with Gasteiger partial charge in [-0.15, -0.1) is 11.3 Å². The fourth-order valence-corrected chi connectivity index (χ4v) is 3.68. The molecule has 0 bridgehead atoms. The molecule has 0 aliphatic rings. The quantitative estimate of drug-likeness (QED) is 0.751. The van der Waals surface area contributed by atoms with Gasteiger partial charge in [0, 0.05) is 11.0 Å². The van der Waals surface area contributed by atoms with Gasteiger partial charge in [0.1, 0.15) is 0 Å². The predicted octanol–water partition coefficient (Wildman–Crippen LogP) is 3.94. The molecule has 0 spiro atoms. The first-order chi connectivity index (χ1) is 9.97. The van der Waals surface area contributed by atoms with Crippen LogP contribution in [0.1, 0.15) is 25.6 Å². The summed E-state index contributed by atoms with van der Waals surface area (Å²) in [5, 5.41) is 11.7. The van der Waals surface area contributed by atoms with Crippen LogP contribution in [-0.2, 0) is 6.42 Å². The molecule has 1 aromatic heterocycles. The maximum atomic E-state index is 11.9. The summed E-state index contributed by atoms with van der Waals surface area (Å²) in [7, 11) is 0. The monoisotopic (exact) mass is 431 g/mol. The summed E-state index contributed by atoms with van der Waals surface area (Å²) >= 11 is 8.04. The van der Waals surface area contributed by atoms with Gasteiger partial charge in [-0.3, -0.25) is 4.79 Å². The molecule has 21 heavy (non-hydrogen) atoms. The molecule has 1 amide bonds. The Kier molecular flexibility index (Phi) is 5.55. The SMILES string of the molecule is O=C(O)c1cccc(CCNC(=O)c2cc(Br)c(Br)s2)c1. The number of thiophene rings is 1. The number of aromatic carboxylic acids is 1. The zero-order chi connectivity index (χ0) is 15.4. The molecule has 0 radical (unpaired) electrons. The minimum Gasteiger partial charge on any atom is -0.478 e. The number of amides is 1. The van der Waals surface area contributed by atoms with Crippen molar-refractivity contribution in [2.45, 2.75) is 6.42 Å². The van der Waals surface area contributed by atoms with Gasteiger partial charge in [0.25, 0.3) is 5.91 Å². The van der Waals surface area contributed by atoms with Crippen molar-refractivity contribution >= 4 is 55.1 Å². The number of rotatable bonds is 5. The Balaban J connectivity index is 1.91. The average molecular weight is 433 g/mol. The predicted molar refractivity (Wildman–Crippen MR) is 89.2 cm³/mol. The first kappa shape index (κ1) is 16.2. The molecule has 0 saturated carbocycles. The Hall–Kier alpha value is -1.18. The highest BCUT2D eigenvalue weighted by atomic mass is 79.9. The normalized spacial score (nSPS) is 10.4. The third-order valence-electron chi connectivity index (χ3n) is 2.74. The Bertz CT molecular complexity index is 665. The second-order valence-electron chi connectivity index (χ2n) is 4.24. The van der Waals surface area contributed by atoms with E-state index in [-0.39, 0.29) is 11.5 Å². The summed E-state index contributed by atoms with van der Waals surface area (Å²) in [5.74, 6) is -1.09. The molecule has 4 nitrogen and oxygen atoms in total. The lowest BCUT2D eigenvalue weighted by molar-refractivity contribution is 0.0696. The molecule has 110 valence electrons. The van der Waals surface area contributed by atoms with Gasteiger partial charge in [0.15, 0.2) is 0 Å². The van der Waals surface area contributed by atoms with E-state index >= 15 is 0 Å². The Morgan fingerprint density at radius 2 is 2.00 bits per heavy atom. The Morgan fingerprint density at radius 1 is 1.24 bits per heavy atom. The number of carbonyl (C=O) groups excluding carboxylic acids is 1. The first-order valence-electron chi connectivity index (χ1n) is 6.02. The van der Waals surface area contributed by atoms with Gasteiger partial charge < -0.3 is 10.4 Å². The van der Waals surface area contributed by atoms with E-state index in [0.29, 0.717) is 17.8 Å². The Labute approximate surface area is 142 Å². The van der Waals surface area contributed by atoms with Crippen molar-refractivity contribution in [2.24, 2.45) is 0 Å². The number of carboxylic acid groups (broad SMARTS) is 1. The number of carbonyl (C=O) groups is 2. The van der Waals surface area contributed by atoms with Crippen LogP contribution in [0.5, 0.6) is 0 Å². The van der Waals surface area contributed by atoms with Crippen molar-refractivity contribution in [3.63, 3.8) is 0 Å². The van der Waals surface area contributed by atoms with Crippen molar-refractivity contribution in [1.82, 2.24) is 5.32 Å². The minimum absolute atomic E-state index is 0.138. The van der Waals surface area contributed by atoms with Crippen molar-refractivity contribution in [2.75, 3.05) is 6.54 Å².